The SMILES string of the molecule is O=C(OCc1ccccc1)c1cc(Cl)cc(Cl)c1. The molecule has 0 saturated heterocycles. The van der Waals surface area contributed by atoms with E-state index in [4.69, 9.17) is 27.9 Å². The summed E-state index contributed by atoms with van der Waals surface area (Å²) in [6, 6.07) is 14.1. The summed E-state index contributed by atoms with van der Waals surface area (Å²) < 4.78 is 5.17. The average Bonchev–Trinajstić information content (AvgIpc) is 2.36. The normalized spacial score (nSPS) is 10.1. The Bertz CT molecular complexity index is 533. The average molecular weight is 281 g/mol. The Balaban J connectivity index is 2.04. The van der Waals surface area contributed by atoms with Gasteiger partial charge in [-0.05, 0) is 23.8 Å². The minimum atomic E-state index is -0.441. The van der Waals surface area contributed by atoms with Crippen LogP contribution in [-0.4, -0.2) is 5.97 Å². The van der Waals surface area contributed by atoms with Gasteiger partial charge in [-0.1, -0.05) is 53.5 Å². The molecule has 0 aliphatic rings. The number of carbonyl (C=O) groups excluding carboxylic acids is 1. The van der Waals surface area contributed by atoms with E-state index in [9.17, 15) is 4.79 Å². The van der Waals surface area contributed by atoms with Gasteiger partial charge in [0, 0.05) is 10.0 Å². The van der Waals surface area contributed by atoms with Crippen molar-refractivity contribution in [3.63, 3.8) is 0 Å². The number of carbonyl (C=O) groups is 1. The number of hydrogen-bond donors (Lipinski definition) is 0. The summed E-state index contributed by atoms with van der Waals surface area (Å²) in [6.45, 7) is 0.226. The number of halogens is 2. The number of hydrogen-bond acceptors (Lipinski definition) is 2. The smallest absolute Gasteiger partial charge is 0.338 e. The van der Waals surface area contributed by atoms with Crippen molar-refractivity contribution in [3.05, 3.63) is 69.7 Å². The molecule has 0 aromatic heterocycles. The molecule has 0 fully saturated rings. The van der Waals surface area contributed by atoms with E-state index in [0.29, 0.717) is 15.6 Å². The fourth-order valence-electron chi connectivity index (χ4n) is 1.48. The van der Waals surface area contributed by atoms with Crippen LogP contribution in [0.3, 0.4) is 0 Å². The highest BCUT2D eigenvalue weighted by molar-refractivity contribution is 6.35. The summed E-state index contributed by atoms with van der Waals surface area (Å²) in [7, 11) is 0. The highest BCUT2D eigenvalue weighted by Gasteiger charge is 2.09. The van der Waals surface area contributed by atoms with Gasteiger partial charge in [0.1, 0.15) is 6.61 Å². The molecule has 2 aromatic carbocycles. The van der Waals surface area contributed by atoms with E-state index < -0.39 is 5.97 Å². The molecule has 0 saturated carbocycles. The molecule has 0 atom stereocenters. The van der Waals surface area contributed by atoms with Gasteiger partial charge in [-0.15, -0.1) is 0 Å². The van der Waals surface area contributed by atoms with Crippen molar-refractivity contribution >= 4 is 29.2 Å². The molecule has 0 heterocycles. The lowest BCUT2D eigenvalue weighted by Gasteiger charge is -2.05. The first-order valence-electron chi connectivity index (χ1n) is 5.32. The van der Waals surface area contributed by atoms with Gasteiger partial charge in [0.2, 0.25) is 0 Å². The van der Waals surface area contributed by atoms with Gasteiger partial charge >= 0.3 is 5.97 Å². The molecule has 0 radical (unpaired) electrons. The van der Waals surface area contributed by atoms with Gasteiger partial charge in [0.05, 0.1) is 5.56 Å². The molecule has 0 amide bonds. The molecule has 0 unspecified atom stereocenters. The predicted molar refractivity (Wildman–Crippen MR) is 72.0 cm³/mol. The molecule has 0 bridgehead atoms. The Morgan fingerprint density at radius 1 is 1.00 bits per heavy atom. The number of esters is 1. The zero-order chi connectivity index (χ0) is 13.0. The maximum Gasteiger partial charge on any atom is 0.338 e. The van der Waals surface area contributed by atoms with Crippen LogP contribution in [0, 0.1) is 0 Å². The van der Waals surface area contributed by atoms with Crippen molar-refractivity contribution in [2.24, 2.45) is 0 Å². The van der Waals surface area contributed by atoms with Crippen molar-refractivity contribution < 1.29 is 9.53 Å². The zero-order valence-electron chi connectivity index (χ0n) is 9.40. The Morgan fingerprint density at radius 3 is 2.22 bits per heavy atom. The summed E-state index contributed by atoms with van der Waals surface area (Å²) in [5.74, 6) is -0.441. The highest BCUT2D eigenvalue weighted by Crippen LogP contribution is 2.19. The van der Waals surface area contributed by atoms with Gasteiger partial charge < -0.3 is 4.74 Å². The van der Waals surface area contributed by atoms with Crippen molar-refractivity contribution in [1.29, 1.82) is 0 Å². The van der Waals surface area contributed by atoms with E-state index in [0.717, 1.165) is 5.56 Å². The van der Waals surface area contributed by atoms with E-state index in [-0.39, 0.29) is 6.61 Å². The van der Waals surface area contributed by atoms with Crippen molar-refractivity contribution in [1.82, 2.24) is 0 Å². The van der Waals surface area contributed by atoms with E-state index >= 15 is 0 Å². The number of benzene rings is 2. The van der Waals surface area contributed by atoms with Crippen molar-refractivity contribution in [3.8, 4) is 0 Å². The summed E-state index contributed by atoms with van der Waals surface area (Å²) >= 11 is 11.6. The van der Waals surface area contributed by atoms with Gasteiger partial charge in [-0.3, -0.25) is 0 Å². The lowest BCUT2D eigenvalue weighted by molar-refractivity contribution is 0.0472. The topological polar surface area (TPSA) is 26.3 Å². The second-order valence-electron chi connectivity index (χ2n) is 3.72. The Kier molecular flexibility index (Phi) is 4.24. The van der Waals surface area contributed by atoms with Crippen LogP contribution in [0.25, 0.3) is 0 Å². The molecule has 2 nitrogen and oxygen atoms in total. The molecule has 2 aromatic rings. The molecule has 0 spiro atoms. The Morgan fingerprint density at radius 2 is 1.61 bits per heavy atom. The third-order valence-corrected chi connectivity index (χ3v) is 2.75. The minimum Gasteiger partial charge on any atom is -0.457 e. The molecule has 0 aliphatic heterocycles. The lowest BCUT2D eigenvalue weighted by Crippen LogP contribution is -2.05. The van der Waals surface area contributed by atoms with Crippen LogP contribution >= 0.6 is 23.2 Å². The van der Waals surface area contributed by atoms with E-state index in [2.05, 4.69) is 0 Å². The zero-order valence-corrected chi connectivity index (χ0v) is 10.9. The van der Waals surface area contributed by atoms with Gasteiger partial charge in [-0.25, -0.2) is 4.79 Å². The summed E-state index contributed by atoms with van der Waals surface area (Å²) in [5.41, 5.74) is 1.28. The molecule has 0 aliphatic carbocycles. The second kappa shape index (κ2) is 5.89. The number of ether oxygens (including phenoxy) is 1. The fourth-order valence-corrected chi connectivity index (χ4v) is 2.00. The van der Waals surface area contributed by atoms with Gasteiger partial charge in [-0.2, -0.15) is 0 Å². The van der Waals surface area contributed by atoms with Crippen LogP contribution in [-0.2, 0) is 11.3 Å². The van der Waals surface area contributed by atoms with Crippen LogP contribution in [0.1, 0.15) is 15.9 Å². The maximum atomic E-state index is 11.8. The second-order valence-corrected chi connectivity index (χ2v) is 4.59. The third kappa shape index (κ3) is 3.49. The largest absolute Gasteiger partial charge is 0.457 e. The molecule has 92 valence electrons. The van der Waals surface area contributed by atoms with E-state index in [1.165, 1.54) is 12.1 Å². The molecule has 18 heavy (non-hydrogen) atoms. The first-order valence-corrected chi connectivity index (χ1v) is 6.08. The molecular weight excluding hydrogens is 271 g/mol. The van der Waals surface area contributed by atoms with E-state index in [1.807, 2.05) is 30.3 Å². The standard InChI is InChI=1S/C14H10Cl2O2/c15-12-6-11(7-13(16)8-12)14(17)18-9-10-4-2-1-3-5-10/h1-8H,9H2. The lowest BCUT2D eigenvalue weighted by atomic mass is 10.2. The molecular formula is C14H10Cl2O2. The van der Waals surface area contributed by atoms with Crippen LogP contribution in [0.15, 0.2) is 48.5 Å². The third-order valence-electron chi connectivity index (χ3n) is 2.31. The van der Waals surface area contributed by atoms with Crippen molar-refractivity contribution in [2.45, 2.75) is 6.61 Å². The molecule has 2 rings (SSSR count). The summed E-state index contributed by atoms with van der Waals surface area (Å²) in [5, 5.41) is 0.823. The minimum absolute atomic E-state index is 0.226. The first kappa shape index (κ1) is 12.9. The Labute approximate surface area is 115 Å². The van der Waals surface area contributed by atoms with Crippen LogP contribution in [0.4, 0.5) is 0 Å². The van der Waals surface area contributed by atoms with Crippen LogP contribution < -0.4 is 0 Å². The van der Waals surface area contributed by atoms with E-state index in [1.54, 1.807) is 6.07 Å². The maximum absolute atomic E-state index is 11.8. The van der Waals surface area contributed by atoms with Crippen molar-refractivity contribution in [2.75, 3.05) is 0 Å². The monoisotopic (exact) mass is 280 g/mol. The highest BCUT2D eigenvalue weighted by atomic mass is 35.5. The molecule has 4 heteroatoms. The predicted octanol–water partition coefficient (Wildman–Crippen LogP) is 4.35. The fraction of sp³-hybridized carbons (Fsp3) is 0.0714. The van der Waals surface area contributed by atoms with Crippen LogP contribution in [0.2, 0.25) is 10.0 Å². The summed E-state index contributed by atoms with van der Waals surface area (Å²) in [4.78, 5) is 11.8. The number of rotatable bonds is 3. The Hall–Kier alpha value is -1.51. The first-order chi connectivity index (χ1) is 8.65. The quantitative estimate of drug-likeness (QED) is 0.782. The van der Waals surface area contributed by atoms with Crippen LogP contribution in [0.5, 0.6) is 0 Å². The van der Waals surface area contributed by atoms with Gasteiger partial charge in [0.15, 0.2) is 0 Å². The molecule has 0 N–H and O–H groups in total. The van der Waals surface area contributed by atoms with Gasteiger partial charge in [0.25, 0.3) is 0 Å². The summed E-state index contributed by atoms with van der Waals surface area (Å²) in [6.07, 6.45) is 0.